The van der Waals surface area contributed by atoms with Crippen molar-refractivity contribution in [2.45, 2.75) is 25.9 Å². The van der Waals surface area contributed by atoms with Crippen LogP contribution in [0.5, 0.6) is 0 Å². The third-order valence-corrected chi connectivity index (χ3v) is 3.83. The molecule has 2 rings (SSSR count). The van der Waals surface area contributed by atoms with E-state index in [-0.39, 0.29) is 18.1 Å². The maximum Gasteiger partial charge on any atom is 0.315 e. The molecule has 0 unspecified atom stereocenters. The highest BCUT2D eigenvalue weighted by Crippen LogP contribution is 2.23. The van der Waals surface area contributed by atoms with Crippen LogP contribution in [-0.2, 0) is 9.47 Å². The molecule has 2 heterocycles. The Morgan fingerprint density at radius 1 is 1.39 bits per heavy atom. The first kappa shape index (κ1) is 17.8. The fourth-order valence-corrected chi connectivity index (χ4v) is 2.69. The van der Waals surface area contributed by atoms with E-state index in [1.54, 1.807) is 7.11 Å². The predicted octanol–water partition coefficient (Wildman–Crippen LogP) is 1.30. The van der Waals surface area contributed by atoms with Gasteiger partial charge in [-0.25, -0.2) is 4.79 Å². The van der Waals surface area contributed by atoms with Gasteiger partial charge in [-0.1, -0.05) is 0 Å². The fraction of sp³-hybridized carbons (Fsp3) is 0.688. The number of methoxy groups -OCH3 is 1. The van der Waals surface area contributed by atoms with Crippen molar-refractivity contribution in [3.8, 4) is 0 Å². The summed E-state index contributed by atoms with van der Waals surface area (Å²) in [6.45, 7) is 7.85. The third kappa shape index (κ3) is 5.53. The molecular weight excluding hydrogens is 298 g/mol. The van der Waals surface area contributed by atoms with Gasteiger partial charge in [-0.15, -0.1) is 0 Å². The molecule has 0 radical (unpaired) electrons. The third-order valence-electron chi connectivity index (χ3n) is 3.83. The molecule has 0 aromatic carbocycles. The zero-order valence-electron chi connectivity index (χ0n) is 14.1. The van der Waals surface area contributed by atoms with E-state index >= 15 is 0 Å². The number of furan rings is 1. The topological polar surface area (TPSA) is 76.0 Å². The van der Waals surface area contributed by atoms with E-state index in [4.69, 9.17) is 13.9 Å². The normalized spacial score (nSPS) is 18.4. The molecule has 7 heteroatoms. The Bertz CT molecular complexity index is 485. The van der Waals surface area contributed by atoms with Crippen molar-refractivity contribution in [3.63, 3.8) is 0 Å². The van der Waals surface area contributed by atoms with Crippen molar-refractivity contribution < 1.29 is 18.7 Å². The van der Waals surface area contributed by atoms with Crippen LogP contribution in [0.2, 0.25) is 0 Å². The van der Waals surface area contributed by atoms with Crippen molar-refractivity contribution in [1.29, 1.82) is 0 Å². The molecule has 2 N–H and O–H groups in total. The Labute approximate surface area is 137 Å². The number of carbonyl (C=O) groups is 1. The average molecular weight is 325 g/mol. The number of nitrogens with one attached hydrogen (secondary N) is 2. The minimum atomic E-state index is -0.198. The van der Waals surface area contributed by atoms with Gasteiger partial charge in [-0.05, 0) is 26.0 Å². The smallest absolute Gasteiger partial charge is 0.315 e. The van der Waals surface area contributed by atoms with E-state index in [1.165, 1.54) is 0 Å². The summed E-state index contributed by atoms with van der Waals surface area (Å²) in [5.41, 5.74) is 0. The highest BCUT2D eigenvalue weighted by molar-refractivity contribution is 5.74. The van der Waals surface area contributed by atoms with E-state index in [2.05, 4.69) is 15.5 Å². The van der Waals surface area contributed by atoms with E-state index in [1.807, 2.05) is 26.0 Å². The van der Waals surface area contributed by atoms with Crippen LogP contribution < -0.4 is 10.6 Å². The number of morpholine rings is 1. The van der Waals surface area contributed by atoms with Gasteiger partial charge < -0.3 is 24.5 Å². The van der Waals surface area contributed by atoms with Crippen LogP contribution in [-0.4, -0.2) is 63.5 Å². The molecule has 130 valence electrons. The highest BCUT2D eigenvalue weighted by Gasteiger charge is 2.25. The molecule has 1 saturated heterocycles. The van der Waals surface area contributed by atoms with Gasteiger partial charge in [0.1, 0.15) is 11.5 Å². The van der Waals surface area contributed by atoms with Gasteiger partial charge >= 0.3 is 6.03 Å². The molecule has 2 amide bonds. The van der Waals surface area contributed by atoms with Crippen LogP contribution in [0.25, 0.3) is 0 Å². The number of hydrogen-bond donors (Lipinski definition) is 2. The number of ether oxygens (including phenoxy) is 2. The molecule has 23 heavy (non-hydrogen) atoms. The van der Waals surface area contributed by atoms with E-state index in [0.29, 0.717) is 26.4 Å². The van der Waals surface area contributed by atoms with E-state index < -0.39 is 0 Å². The van der Waals surface area contributed by atoms with E-state index in [9.17, 15) is 4.79 Å². The standard InChI is InChI=1S/C16H27N3O4/c1-12(11-21-3)18-16(20)17-10-14(15-5-4-13(2)23-15)19-6-8-22-9-7-19/h4-5,12,14H,6-11H2,1-3H3,(H2,17,18,20)/t12-,14+/m0/s1. The SMILES string of the molecule is COC[C@H](C)NC(=O)NC[C@H](c1ccc(C)o1)N1CCOCC1. The number of nitrogens with zero attached hydrogens (tertiary/aromatic N) is 1. The molecule has 1 aromatic heterocycles. The Morgan fingerprint density at radius 3 is 2.74 bits per heavy atom. The summed E-state index contributed by atoms with van der Waals surface area (Å²) in [4.78, 5) is 14.3. The number of urea groups is 1. The first-order chi connectivity index (χ1) is 11.1. The van der Waals surface area contributed by atoms with Crippen molar-refractivity contribution >= 4 is 6.03 Å². The van der Waals surface area contributed by atoms with Crippen molar-refractivity contribution in [2.24, 2.45) is 0 Å². The lowest BCUT2D eigenvalue weighted by Crippen LogP contribution is -2.47. The zero-order chi connectivity index (χ0) is 16.7. The second-order valence-corrected chi connectivity index (χ2v) is 5.82. The Hall–Kier alpha value is -1.57. The first-order valence-corrected chi connectivity index (χ1v) is 8.01. The second kappa shape index (κ2) is 8.90. The van der Waals surface area contributed by atoms with Gasteiger partial charge in [0.2, 0.25) is 0 Å². The summed E-state index contributed by atoms with van der Waals surface area (Å²) in [7, 11) is 1.61. The fourth-order valence-electron chi connectivity index (χ4n) is 2.69. The van der Waals surface area contributed by atoms with E-state index in [0.717, 1.165) is 24.6 Å². The van der Waals surface area contributed by atoms with Crippen molar-refractivity contribution in [1.82, 2.24) is 15.5 Å². The minimum Gasteiger partial charge on any atom is -0.465 e. The van der Waals surface area contributed by atoms with Crippen molar-refractivity contribution in [3.05, 3.63) is 23.7 Å². The lowest BCUT2D eigenvalue weighted by Gasteiger charge is -2.33. The summed E-state index contributed by atoms with van der Waals surface area (Å²) in [6, 6.07) is 3.70. The minimum absolute atomic E-state index is 0.0103. The van der Waals surface area contributed by atoms with Crippen LogP contribution in [0, 0.1) is 6.92 Å². The van der Waals surface area contributed by atoms with Gasteiger partial charge in [0.25, 0.3) is 0 Å². The number of carbonyl (C=O) groups excluding carboxylic acids is 1. The van der Waals surface area contributed by atoms with Crippen LogP contribution in [0.15, 0.2) is 16.5 Å². The molecule has 1 fully saturated rings. The van der Waals surface area contributed by atoms with Gasteiger partial charge in [-0.2, -0.15) is 0 Å². The molecule has 0 bridgehead atoms. The van der Waals surface area contributed by atoms with Crippen LogP contribution in [0.1, 0.15) is 24.5 Å². The summed E-state index contributed by atoms with van der Waals surface area (Å²) in [5, 5.41) is 5.78. The van der Waals surface area contributed by atoms with Gasteiger partial charge in [0.15, 0.2) is 0 Å². The molecule has 0 saturated carbocycles. The van der Waals surface area contributed by atoms with Crippen molar-refractivity contribution in [2.75, 3.05) is 46.6 Å². The molecule has 2 atom stereocenters. The quantitative estimate of drug-likeness (QED) is 0.790. The van der Waals surface area contributed by atoms with Crippen LogP contribution >= 0.6 is 0 Å². The number of aryl methyl sites for hydroxylation is 1. The number of amides is 2. The number of rotatable bonds is 7. The molecule has 7 nitrogen and oxygen atoms in total. The monoisotopic (exact) mass is 325 g/mol. The summed E-state index contributed by atoms with van der Waals surface area (Å²) >= 11 is 0. The molecule has 0 spiro atoms. The second-order valence-electron chi connectivity index (χ2n) is 5.82. The summed E-state index contributed by atoms with van der Waals surface area (Å²) < 4.78 is 16.2. The lowest BCUT2D eigenvalue weighted by molar-refractivity contribution is 0.0121. The molecule has 1 aromatic rings. The summed E-state index contributed by atoms with van der Waals surface area (Å²) in [6.07, 6.45) is 0. The van der Waals surface area contributed by atoms with Crippen LogP contribution in [0.3, 0.4) is 0 Å². The van der Waals surface area contributed by atoms with Gasteiger partial charge in [0.05, 0.1) is 31.9 Å². The highest BCUT2D eigenvalue weighted by atomic mass is 16.5. The Balaban J connectivity index is 1.93. The molecule has 1 aliphatic heterocycles. The number of hydrogen-bond acceptors (Lipinski definition) is 5. The largest absolute Gasteiger partial charge is 0.465 e. The molecule has 0 aliphatic carbocycles. The van der Waals surface area contributed by atoms with Gasteiger partial charge in [-0.3, -0.25) is 4.90 Å². The molecular formula is C16H27N3O4. The molecule has 1 aliphatic rings. The van der Waals surface area contributed by atoms with Crippen LogP contribution in [0.4, 0.5) is 4.79 Å². The first-order valence-electron chi connectivity index (χ1n) is 8.01. The Kier molecular flexibility index (Phi) is 6.88. The average Bonchev–Trinajstić information content (AvgIpc) is 2.95. The Morgan fingerprint density at radius 2 is 2.13 bits per heavy atom. The summed E-state index contributed by atoms with van der Waals surface area (Å²) in [5.74, 6) is 1.74. The zero-order valence-corrected chi connectivity index (χ0v) is 14.1. The maximum atomic E-state index is 12.0. The maximum absolute atomic E-state index is 12.0. The lowest BCUT2D eigenvalue weighted by atomic mass is 10.1. The van der Waals surface area contributed by atoms with Gasteiger partial charge in [0, 0.05) is 26.7 Å². The predicted molar refractivity (Wildman–Crippen MR) is 86.5 cm³/mol.